The Bertz CT molecular complexity index is 231. The molecule has 0 radical (unpaired) electrons. The Hall–Kier alpha value is -0.300. The van der Waals surface area contributed by atoms with Crippen LogP contribution in [-0.4, -0.2) is 0 Å². The molecule has 0 N–H and O–H groups in total. The van der Waals surface area contributed by atoms with Gasteiger partial charge in [-0.05, 0) is 26.3 Å². The van der Waals surface area contributed by atoms with Crippen LogP contribution in [0.4, 0.5) is 0 Å². The van der Waals surface area contributed by atoms with Gasteiger partial charge in [0.2, 0.25) is 0 Å². The Balaban J connectivity index is 3.08. The minimum absolute atomic E-state index is 0.459. The molecule has 0 saturated heterocycles. The molecule has 11 heavy (non-hydrogen) atoms. The van der Waals surface area contributed by atoms with E-state index in [0.29, 0.717) is 4.83 Å². The zero-order valence-electron chi connectivity index (χ0n) is 7.19. The molecule has 1 atom stereocenters. The summed E-state index contributed by atoms with van der Waals surface area (Å²) in [5.74, 6) is 0. The van der Waals surface area contributed by atoms with Gasteiger partial charge < -0.3 is 0 Å². The molecule has 60 valence electrons. The van der Waals surface area contributed by atoms with E-state index in [1.807, 2.05) is 0 Å². The second-order valence-electron chi connectivity index (χ2n) is 3.04. The molecular formula is C10H13Br. The van der Waals surface area contributed by atoms with Crippen molar-refractivity contribution in [2.45, 2.75) is 25.6 Å². The second-order valence-corrected chi connectivity index (χ2v) is 4.41. The summed E-state index contributed by atoms with van der Waals surface area (Å²) >= 11 is 3.55. The van der Waals surface area contributed by atoms with Gasteiger partial charge in [0.15, 0.2) is 0 Å². The molecule has 0 amide bonds. The Morgan fingerprint density at radius 2 is 1.55 bits per heavy atom. The van der Waals surface area contributed by atoms with Crippen molar-refractivity contribution in [1.29, 1.82) is 0 Å². The van der Waals surface area contributed by atoms with Crippen LogP contribution in [0.2, 0.25) is 0 Å². The van der Waals surface area contributed by atoms with Gasteiger partial charge in [-0.1, -0.05) is 45.3 Å². The van der Waals surface area contributed by atoms with Crippen LogP contribution in [-0.2, 0) is 0 Å². The maximum absolute atomic E-state index is 3.55. The zero-order valence-corrected chi connectivity index (χ0v) is 8.77. The van der Waals surface area contributed by atoms with Crippen LogP contribution in [0.15, 0.2) is 18.2 Å². The highest BCUT2D eigenvalue weighted by Crippen LogP contribution is 2.23. The molecule has 0 saturated carbocycles. The van der Waals surface area contributed by atoms with Crippen molar-refractivity contribution in [3.8, 4) is 0 Å². The van der Waals surface area contributed by atoms with Gasteiger partial charge in [-0.3, -0.25) is 0 Å². The van der Waals surface area contributed by atoms with Crippen LogP contribution < -0.4 is 0 Å². The van der Waals surface area contributed by atoms with Crippen molar-refractivity contribution in [3.05, 3.63) is 34.9 Å². The SMILES string of the molecule is Cc1cc(C)cc(C(C)Br)c1. The average molecular weight is 213 g/mol. The van der Waals surface area contributed by atoms with Gasteiger partial charge in [0.1, 0.15) is 0 Å². The van der Waals surface area contributed by atoms with Gasteiger partial charge >= 0.3 is 0 Å². The summed E-state index contributed by atoms with van der Waals surface area (Å²) in [5, 5.41) is 0. The summed E-state index contributed by atoms with van der Waals surface area (Å²) < 4.78 is 0. The highest BCUT2D eigenvalue weighted by atomic mass is 79.9. The van der Waals surface area contributed by atoms with Crippen molar-refractivity contribution in [1.82, 2.24) is 0 Å². The van der Waals surface area contributed by atoms with E-state index >= 15 is 0 Å². The molecule has 0 fully saturated rings. The molecule has 1 unspecified atom stereocenters. The summed E-state index contributed by atoms with van der Waals surface area (Å²) in [6, 6.07) is 6.62. The first-order valence-corrected chi connectivity index (χ1v) is 4.73. The monoisotopic (exact) mass is 212 g/mol. The van der Waals surface area contributed by atoms with Crippen LogP contribution in [0.1, 0.15) is 28.4 Å². The lowest BCUT2D eigenvalue weighted by molar-refractivity contribution is 1.11. The Labute approximate surface area is 76.8 Å². The van der Waals surface area contributed by atoms with Crippen LogP contribution >= 0.6 is 15.9 Å². The Morgan fingerprint density at radius 1 is 1.09 bits per heavy atom. The lowest BCUT2D eigenvalue weighted by Gasteiger charge is -2.05. The summed E-state index contributed by atoms with van der Waals surface area (Å²) in [6.07, 6.45) is 0. The molecule has 1 heteroatoms. The number of alkyl halides is 1. The summed E-state index contributed by atoms with van der Waals surface area (Å²) in [5.41, 5.74) is 4.04. The molecule has 1 rings (SSSR count). The predicted molar refractivity (Wildman–Crippen MR) is 53.3 cm³/mol. The summed E-state index contributed by atoms with van der Waals surface area (Å²) in [7, 11) is 0. The Kier molecular flexibility index (Phi) is 2.72. The second kappa shape index (κ2) is 3.40. The predicted octanol–water partition coefficient (Wildman–Crippen LogP) is 3.76. The van der Waals surface area contributed by atoms with E-state index < -0.39 is 0 Å². The fourth-order valence-corrected chi connectivity index (χ4v) is 1.50. The fraction of sp³-hybridized carbons (Fsp3) is 0.400. The van der Waals surface area contributed by atoms with E-state index in [9.17, 15) is 0 Å². The molecule has 0 aromatic heterocycles. The number of rotatable bonds is 1. The normalized spacial score (nSPS) is 13.1. The Morgan fingerprint density at radius 3 is 1.91 bits per heavy atom. The van der Waals surface area contributed by atoms with Gasteiger partial charge in [-0.15, -0.1) is 0 Å². The molecule has 0 aliphatic heterocycles. The molecular weight excluding hydrogens is 200 g/mol. The first-order valence-electron chi connectivity index (χ1n) is 3.82. The van der Waals surface area contributed by atoms with Gasteiger partial charge in [0.05, 0.1) is 0 Å². The standard InChI is InChI=1S/C10H13Br/c1-7-4-8(2)6-10(5-7)9(3)11/h4-6,9H,1-3H3. The largest absolute Gasteiger partial charge is 0.0842 e. The van der Waals surface area contributed by atoms with Gasteiger partial charge in [0, 0.05) is 4.83 Å². The lowest BCUT2D eigenvalue weighted by Crippen LogP contribution is -1.86. The highest BCUT2D eigenvalue weighted by molar-refractivity contribution is 9.09. The smallest absolute Gasteiger partial charge is 0.0367 e. The maximum Gasteiger partial charge on any atom is 0.0367 e. The molecule has 0 spiro atoms. The fourth-order valence-electron chi connectivity index (χ4n) is 1.24. The minimum atomic E-state index is 0.459. The number of aryl methyl sites for hydroxylation is 2. The van der Waals surface area contributed by atoms with E-state index in [2.05, 4.69) is 54.9 Å². The number of halogens is 1. The molecule has 0 heterocycles. The summed E-state index contributed by atoms with van der Waals surface area (Å²) in [6.45, 7) is 6.41. The number of benzene rings is 1. The first-order chi connectivity index (χ1) is 5.09. The van der Waals surface area contributed by atoms with E-state index in [1.165, 1.54) is 16.7 Å². The topological polar surface area (TPSA) is 0 Å². The third-order valence-electron chi connectivity index (χ3n) is 1.70. The molecule has 0 bridgehead atoms. The average Bonchev–Trinajstić information content (AvgIpc) is 1.85. The quantitative estimate of drug-likeness (QED) is 0.623. The van der Waals surface area contributed by atoms with Gasteiger partial charge in [0.25, 0.3) is 0 Å². The molecule has 0 nitrogen and oxygen atoms in total. The van der Waals surface area contributed by atoms with Crippen molar-refractivity contribution in [3.63, 3.8) is 0 Å². The van der Waals surface area contributed by atoms with E-state index in [1.54, 1.807) is 0 Å². The van der Waals surface area contributed by atoms with Crippen LogP contribution in [0.5, 0.6) is 0 Å². The van der Waals surface area contributed by atoms with Crippen molar-refractivity contribution >= 4 is 15.9 Å². The minimum Gasteiger partial charge on any atom is -0.0842 e. The highest BCUT2D eigenvalue weighted by Gasteiger charge is 2.00. The third kappa shape index (κ3) is 2.33. The van der Waals surface area contributed by atoms with Crippen molar-refractivity contribution in [2.75, 3.05) is 0 Å². The lowest BCUT2D eigenvalue weighted by atomic mass is 10.1. The van der Waals surface area contributed by atoms with E-state index in [-0.39, 0.29) is 0 Å². The molecule has 1 aromatic carbocycles. The molecule has 0 aliphatic carbocycles. The number of hydrogen-bond acceptors (Lipinski definition) is 0. The van der Waals surface area contributed by atoms with Crippen LogP contribution in [0.25, 0.3) is 0 Å². The van der Waals surface area contributed by atoms with Gasteiger partial charge in [-0.25, -0.2) is 0 Å². The van der Waals surface area contributed by atoms with Crippen molar-refractivity contribution < 1.29 is 0 Å². The first kappa shape index (κ1) is 8.79. The van der Waals surface area contributed by atoms with E-state index in [0.717, 1.165) is 0 Å². The van der Waals surface area contributed by atoms with Crippen LogP contribution in [0.3, 0.4) is 0 Å². The summed E-state index contributed by atoms with van der Waals surface area (Å²) in [4.78, 5) is 0.459. The third-order valence-corrected chi connectivity index (χ3v) is 2.23. The molecule has 1 aromatic rings. The zero-order chi connectivity index (χ0) is 8.43. The maximum atomic E-state index is 3.55. The molecule has 0 aliphatic rings. The van der Waals surface area contributed by atoms with Crippen LogP contribution in [0, 0.1) is 13.8 Å². The van der Waals surface area contributed by atoms with Crippen molar-refractivity contribution in [2.24, 2.45) is 0 Å². The van der Waals surface area contributed by atoms with Gasteiger partial charge in [-0.2, -0.15) is 0 Å². The van der Waals surface area contributed by atoms with E-state index in [4.69, 9.17) is 0 Å². The number of hydrogen-bond donors (Lipinski definition) is 0.